The second-order valence-corrected chi connectivity index (χ2v) is 4.30. The predicted molar refractivity (Wildman–Crippen MR) is 75.1 cm³/mol. The van der Waals surface area contributed by atoms with Crippen molar-refractivity contribution in [1.29, 1.82) is 0 Å². The molecule has 2 rings (SSSR count). The monoisotopic (exact) mass is 257 g/mol. The molecule has 4 heteroatoms. The van der Waals surface area contributed by atoms with Gasteiger partial charge in [-0.2, -0.15) is 0 Å². The van der Waals surface area contributed by atoms with Gasteiger partial charge in [0.15, 0.2) is 0 Å². The maximum Gasteiger partial charge on any atom is 0.213 e. The molecular formula is C15H19N3O. The van der Waals surface area contributed by atoms with Crippen LogP contribution in [0.25, 0.3) is 0 Å². The van der Waals surface area contributed by atoms with E-state index in [-0.39, 0.29) is 0 Å². The predicted octanol–water partition coefficient (Wildman–Crippen LogP) is 2.21. The van der Waals surface area contributed by atoms with Crippen molar-refractivity contribution >= 4 is 0 Å². The second-order valence-electron chi connectivity index (χ2n) is 4.30. The Labute approximate surface area is 113 Å². The van der Waals surface area contributed by atoms with Crippen LogP contribution in [-0.4, -0.2) is 23.6 Å². The van der Waals surface area contributed by atoms with E-state index in [2.05, 4.69) is 15.3 Å². The van der Waals surface area contributed by atoms with E-state index in [1.54, 1.807) is 0 Å². The molecule has 0 aromatic carbocycles. The van der Waals surface area contributed by atoms with Crippen LogP contribution in [0.3, 0.4) is 0 Å². The van der Waals surface area contributed by atoms with Crippen LogP contribution in [-0.2, 0) is 13.0 Å². The molecule has 2 heterocycles. The Bertz CT molecular complexity index is 488. The lowest BCUT2D eigenvalue weighted by Gasteiger charge is -2.07. The van der Waals surface area contributed by atoms with E-state index in [1.807, 2.05) is 49.8 Å². The van der Waals surface area contributed by atoms with Gasteiger partial charge in [-0.25, -0.2) is 4.98 Å². The van der Waals surface area contributed by atoms with Crippen molar-refractivity contribution in [3.63, 3.8) is 0 Å². The summed E-state index contributed by atoms with van der Waals surface area (Å²) in [6, 6.07) is 9.92. The van der Waals surface area contributed by atoms with Crippen molar-refractivity contribution in [3.05, 3.63) is 54.0 Å². The summed E-state index contributed by atoms with van der Waals surface area (Å²) in [5, 5.41) is 3.08. The van der Waals surface area contributed by atoms with Gasteiger partial charge >= 0.3 is 0 Å². The highest BCUT2D eigenvalue weighted by atomic mass is 16.5. The number of rotatable bonds is 7. The summed E-state index contributed by atoms with van der Waals surface area (Å²) in [5.41, 5.74) is 2.28. The molecule has 0 unspecified atom stereocenters. The third-order valence-corrected chi connectivity index (χ3v) is 2.75. The Morgan fingerprint density at radius 2 is 2.00 bits per heavy atom. The van der Waals surface area contributed by atoms with Gasteiger partial charge in [-0.3, -0.25) is 4.98 Å². The molecule has 0 bridgehead atoms. The topological polar surface area (TPSA) is 47.0 Å². The fourth-order valence-electron chi connectivity index (χ4n) is 1.82. The average Bonchev–Trinajstić information content (AvgIpc) is 2.46. The molecule has 0 radical (unpaired) electrons. The van der Waals surface area contributed by atoms with Gasteiger partial charge in [0.25, 0.3) is 0 Å². The molecule has 0 fully saturated rings. The molecule has 0 aliphatic rings. The minimum atomic E-state index is 0.679. The minimum Gasteiger partial charge on any atom is -0.478 e. The summed E-state index contributed by atoms with van der Waals surface area (Å²) >= 11 is 0. The molecular weight excluding hydrogens is 238 g/mol. The number of nitrogens with zero attached hydrogens (tertiary/aromatic N) is 2. The first-order chi connectivity index (χ1) is 9.38. The molecule has 2 aromatic rings. The second kappa shape index (κ2) is 7.48. The molecule has 2 aromatic heterocycles. The summed E-state index contributed by atoms with van der Waals surface area (Å²) < 4.78 is 5.66. The SMILES string of the molecule is CNCc1cccc(OCCCc2ccncc2)n1. The average molecular weight is 257 g/mol. The van der Waals surface area contributed by atoms with Gasteiger partial charge < -0.3 is 10.1 Å². The maximum atomic E-state index is 5.66. The first kappa shape index (κ1) is 13.5. The van der Waals surface area contributed by atoms with E-state index in [0.29, 0.717) is 12.5 Å². The van der Waals surface area contributed by atoms with Gasteiger partial charge in [0.05, 0.1) is 12.3 Å². The molecule has 0 aliphatic carbocycles. The normalized spacial score (nSPS) is 10.4. The van der Waals surface area contributed by atoms with Crippen molar-refractivity contribution in [2.24, 2.45) is 0 Å². The molecule has 100 valence electrons. The Balaban J connectivity index is 1.75. The van der Waals surface area contributed by atoms with Gasteiger partial charge in [0.1, 0.15) is 0 Å². The highest BCUT2D eigenvalue weighted by Crippen LogP contribution is 2.08. The maximum absolute atomic E-state index is 5.66. The Morgan fingerprint density at radius 3 is 2.79 bits per heavy atom. The highest BCUT2D eigenvalue weighted by Gasteiger charge is 1.98. The van der Waals surface area contributed by atoms with Crippen LogP contribution in [0.1, 0.15) is 17.7 Å². The largest absolute Gasteiger partial charge is 0.478 e. The number of hydrogen-bond donors (Lipinski definition) is 1. The lowest BCUT2D eigenvalue weighted by molar-refractivity contribution is 0.298. The van der Waals surface area contributed by atoms with E-state index in [4.69, 9.17) is 4.74 Å². The molecule has 4 nitrogen and oxygen atoms in total. The molecule has 0 saturated heterocycles. The van der Waals surface area contributed by atoms with Crippen molar-refractivity contribution in [2.45, 2.75) is 19.4 Å². The van der Waals surface area contributed by atoms with Crippen LogP contribution in [0.15, 0.2) is 42.7 Å². The van der Waals surface area contributed by atoms with Crippen LogP contribution in [0, 0.1) is 0 Å². The standard InChI is InChI=1S/C15H19N3O/c1-16-12-14-5-2-6-15(18-14)19-11-3-4-13-7-9-17-10-8-13/h2,5-10,16H,3-4,11-12H2,1H3. The van der Waals surface area contributed by atoms with E-state index in [0.717, 1.165) is 25.1 Å². The number of hydrogen-bond acceptors (Lipinski definition) is 4. The Morgan fingerprint density at radius 1 is 1.16 bits per heavy atom. The van der Waals surface area contributed by atoms with E-state index >= 15 is 0 Å². The Kier molecular flexibility index (Phi) is 5.31. The molecule has 0 spiro atoms. The molecule has 0 atom stereocenters. The summed E-state index contributed by atoms with van der Waals surface area (Å²) in [6.45, 7) is 1.44. The number of nitrogens with one attached hydrogen (secondary N) is 1. The fourth-order valence-corrected chi connectivity index (χ4v) is 1.82. The van der Waals surface area contributed by atoms with Crippen molar-refractivity contribution in [3.8, 4) is 5.88 Å². The van der Waals surface area contributed by atoms with Gasteiger partial charge in [-0.1, -0.05) is 6.07 Å². The summed E-state index contributed by atoms with van der Waals surface area (Å²) in [4.78, 5) is 8.41. The first-order valence-electron chi connectivity index (χ1n) is 6.51. The van der Waals surface area contributed by atoms with Gasteiger partial charge in [0, 0.05) is 25.0 Å². The van der Waals surface area contributed by atoms with Gasteiger partial charge in [-0.05, 0) is 43.7 Å². The quantitative estimate of drug-likeness (QED) is 0.773. The van der Waals surface area contributed by atoms with Crippen LogP contribution in [0.2, 0.25) is 0 Å². The summed E-state index contributed by atoms with van der Waals surface area (Å²) in [6.07, 6.45) is 5.61. The number of aromatic nitrogens is 2. The molecule has 1 N–H and O–H groups in total. The molecule has 0 aliphatic heterocycles. The number of ether oxygens (including phenoxy) is 1. The molecule has 0 saturated carbocycles. The lowest BCUT2D eigenvalue weighted by atomic mass is 10.1. The molecule has 0 amide bonds. The van der Waals surface area contributed by atoms with Gasteiger partial charge in [0.2, 0.25) is 5.88 Å². The van der Waals surface area contributed by atoms with Crippen LogP contribution >= 0.6 is 0 Å². The zero-order valence-corrected chi connectivity index (χ0v) is 11.2. The number of aryl methyl sites for hydroxylation is 1. The zero-order valence-electron chi connectivity index (χ0n) is 11.2. The van der Waals surface area contributed by atoms with Gasteiger partial charge in [-0.15, -0.1) is 0 Å². The Hall–Kier alpha value is -1.94. The zero-order chi connectivity index (χ0) is 13.3. The fraction of sp³-hybridized carbons (Fsp3) is 0.333. The van der Waals surface area contributed by atoms with Crippen LogP contribution in [0.5, 0.6) is 5.88 Å². The smallest absolute Gasteiger partial charge is 0.213 e. The third kappa shape index (κ3) is 4.67. The summed E-state index contributed by atoms with van der Waals surface area (Å²) in [7, 11) is 1.91. The first-order valence-corrected chi connectivity index (χ1v) is 6.51. The lowest BCUT2D eigenvalue weighted by Crippen LogP contribution is -2.08. The van der Waals surface area contributed by atoms with Crippen molar-refractivity contribution in [1.82, 2.24) is 15.3 Å². The van der Waals surface area contributed by atoms with Crippen molar-refractivity contribution in [2.75, 3.05) is 13.7 Å². The van der Waals surface area contributed by atoms with E-state index < -0.39 is 0 Å². The minimum absolute atomic E-state index is 0.679. The van der Waals surface area contributed by atoms with Crippen LogP contribution < -0.4 is 10.1 Å². The highest BCUT2D eigenvalue weighted by molar-refractivity contribution is 5.15. The summed E-state index contributed by atoms with van der Waals surface area (Å²) in [5.74, 6) is 0.697. The van der Waals surface area contributed by atoms with E-state index in [9.17, 15) is 0 Å². The van der Waals surface area contributed by atoms with E-state index in [1.165, 1.54) is 5.56 Å². The molecule has 19 heavy (non-hydrogen) atoms. The van der Waals surface area contributed by atoms with Crippen LogP contribution in [0.4, 0.5) is 0 Å². The van der Waals surface area contributed by atoms with Crippen molar-refractivity contribution < 1.29 is 4.74 Å². The number of pyridine rings is 2. The third-order valence-electron chi connectivity index (χ3n) is 2.75.